The number of hydrogen-bond acceptors (Lipinski definition) is 4. The van der Waals surface area contributed by atoms with Gasteiger partial charge in [0, 0.05) is 24.9 Å². The molecule has 0 saturated heterocycles. The van der Waals surface area contributed by atoms with Crippen LogP contribution in [0.4, 0.5) is 0 Å². The summed E-state index contributed by atoms with van der Waals surface area (Å²) in [6, 6.07) is 6.99. The van der Waals surface area contributed by atoms with Gasteiger partial charge < -0.3 is 10.4 Å². The number of hydrogen-bond donors (Lipinski definition) is 2. The number of para-hydroxylation sites is 1. The quantitative estimate of drug-likeness (QED) is 0.834. The van der Waals surface area contributed by atoms with Gasteiger partial charge in [-0.1, -0.05) is 18.2 Å². The van der Waals surface area contributed by atoms with Gasteiger partial charge in [0.2, 0.25) is 0 Å². The average molecular weight is 257 g/mol. The zero-order chi connectivity index (χ0) is 13.1. The maximum Gasteiger partial charge on any atom is 0.153 e. The second-order valence-corrected chi connectivity index (χ2v) is 7.41. The molecule has 1 aromatic carbocycles. The number of rotatable bonds is 5. The number of nitrogens with one attached hydrogen (secondary N) is 1. The normalized spacial score (nSPS) is 12.6. The monoisotopic (exact) mass is 257 g/mol. The van der Waals surface area contributed by atoms with Crippen molar-refractivity contribution in [2.24, 2.45) is 0 Å². The van der Waals surface area contributed by atoms with Crippen LogP contribution in [-0.2, 0) is 16.4 Å². The molecule has 5 heteroatoms. The lowest BCUT2D eigenvalue weighted by molar-refractivity contribution is 0.461. The zero-order valence-corrected chi connectivity index (χ0v) is 11.2. The van der Waals surface area contributed by atoms with Crippen LogP contribution in [0.2, 0.25) is 0 Å². The van der Waals surface area contributed by atoms with E-state index in [1.165, 1.54) is 6.26 Å². The molecule has 2 N–H and O–H groups in total. The summed E-state index contributed by atoms with van der Waals surface area (Å²) in [7, 11) is -3.09. The lowest BCUT2D eigenvalue weighted by atomic mass is 10.1. The van der Waals surface area contributed by atoms with Crippen molar-refractivity contribution < 1.29 is 13.5 Å². The molecule has 1 aromatic rings. The van der Waals surface area contributed by atoms with Crippen LogP contribution in [0.15, 0.2) is 24.3 Å². The lowest BCUT2D eigenvalue weighted by Crippen LogP contribution is -2.41. The Labute approximate surface area is 103 Å². The van der Waals surface area contributed by atoms with E-state index in [1.54, 1.807) is 32.0 Å². The largest absolute Gasteiger partial charge is 0.508 e. The number of aromatic hydroxyl groups is 1. The van der Waals surface area contributed by atoms with Gasteiger partial charge in [0.05, 0.1) is 4.75 Å². The van der Waals surface area contributed by atoms with Crippen molar-refractivity contribution in [3.05, 3.63) is 29.8 Å². The molecule has 0 aliphatic rings. The molecule has 0 atom stereocenters. The SMILES string of the molecule is CC(C)(CNCc1ccccc1O)S(C)(=O)=O. The Balaban J connectivity index is 2.58. The third-order valence-corrected chi connectivity index (χ3v) is 5.01. The molecule has 0 aliphatic heterocycles. The minimum atomic E-state index is -3.09. The predicted molar refractivity (Wildman–Crippen MR) is 68.7 cm³/mol. The summed E-state index contributed by atoms with van der Waals surface area (Å²) < 4.78 is 22.1. The number of benzene rings is 1. The van der Waals surface area contributed by atoms with Crippen molar-refractivity contribution in [1.29, 1.82) is 0 Å². The van der Waals surface area contributed by atoms with Crippen LogP contribution in [0.1, 0.15) is 19.4 Å². The van der Waals surface area contributed by atoms with Gasteiger partial charge in [-0.05, 0) is 19.9 Å². The standard InChI is InChI=1S/C12H19NO3S/c1-12(2,17(3,15)16)9-13-8-10-6-4-5-7-11(10)14/h4-7,13-14H,8-9H2,1-3H3. The molecular weight excluding hydrogens is 238 g/mol. The van der Waals surface area contributed by atoms with Gasteiger partial charge in [-0.15, -0.1) is 0 Å². The van der Waals surface area contributed by atoms with E-state index in [1.807, 2.05) is 6.07 Å². The van der Waals surface area contributed by atoms with Crippen LogP contribution < -0.4 is 5.32 Å². The lowest BCUT2D eigenvalue weighted by Gasteiger charge is -2.22. The fraction of sp³-hybridized carbons (Fsp3) is 0.500. The average Bonchev–Trinajstić information content (AvgIpc) is 2.19. The second-order valence-electron chi connectivity index (χ2n) is 4.76. The summed E-state index contributed by atoms with van der Waals surface area (Å²) in [4.78, 5) is 0. The Morgan fingerprint density at radius 3 is 2.41 bits per heavy atom. The molecule has 0 aliphatic carbocycles. The molecule has 1 rings (SSSR count). The minimum absolute atomic E-state index is 0.220. The molecule has 0 aromatic heterocycles. The van der Waals surface area contributed by atoms with Crippen LogP contribution in [0.3, 0.4) is 0 Å². The Morgan fingerprint density at radius 1 is 1.29 bits per heavy atom. The summed E-state index contributed by atoms with van der Waals surface area (Å²) in [5.74, 6) is 0.220. The highest BCUT2D eigenvalue weighted by atomic mass is 32.2. The van der Waals surface area contributed by atoms with Gasteiger partial charge in [-0.25, -0.2) is 8.42 Å². The zero-order valence-electron chi connectivity index (χ0n) is 10.4. The fourth-order valence-electron chi connectivity index (χ4n) is 1.29. The maximum absolute atomic E-state index is 11.5. The first-order chi connectivity index (χ1) is 7.74. The van der Waals surface area contributed by atoms with Crippen LogP contribution in [0, 0.1) is 0 Å². The van der Waals surface area contributed by atoms with Crippen molar-refractivity contribution in [2.75, 3.05) is 12.8 Å². The third kappa shape index (κ3) is 3.71. The Kier molecular flexibility index (Phi) is 4.16. The molecule has 0 unspecified atom stereocenters. The van der Waals surface area contributed by atoms with E-state index in [4.69, 9.17) is 0 Å². The highest BCUT2D eigenvalue weighted by Crippen LogP contribution is 2.17. The Hall–Kier alpha value is -1.07. The smallest absolute Gasteiger partial charge is 0.153 e. The molecule has 96 valence electrons. The molecule has 0 heterocycles. The summed E-state index contributed by atoms with van der Waals surface area (Å²) in [5, 5.41) is 12.6. The van der Waals surface area contributed by atoms with E-state index in [2.05, 4.69) is 5.32 Å². The molecule has 0 radical (unpaired) electrons. The second kappa shape index (κ2) is 5.06. The van der Waals surface area contributed by atoms with Crippen LogP contribution >= 0.6 is 0 Å². The first-order valence-corrected chi connectivity index (χ1v) is 7.30. The van der Waals surface area contributed by atoms with E-state index in [0.29, 0.717) is 13.1 Å². The first-order valence-electron chi connectivity index (χ1n) is 5.41. The molecule has 0 fully saturated rings. The Morgan fingerprint density at radius 2 is 1.88 bits per heavy atom. The van der Waals surface area contributed by atoms with Crippen LogP contribution in [-0.4, -0.2) is 31.1 Å². The van der Waals surface area contributed by atoms with Crippen molar-refractivity contribution in [3.8, 4) is 5.75 Å². The molecule has 17 heavy (non-hydrogen) atoms. The third-order valence-electron chi connectivity index (χ3n) is 2.86. The number of phenols is 1. The molecule has 4 nitrogen and oxygen atoms in total. The molecule has 0 saturated carbocycles. The summed E-state index contributed by atoms with van der Waals surface area (Å²) >= 11 is 0. The summed E-state index contributed by atoms with van der Waals surface area (Å²) in [6.07, 6.45) is 1.23. The number of sulfone groups is 1. The van der Waals surface area contributed by atoms with E-state index >= 15 is 0 Å². The topological polar surface area (TPSA) is 66.4 Å². The Bertz CT molecular complexity index is 480. The van der Waals surface area contributed by atoms with Gasteiger partial charge in [0.25, 0.3) is 0 Å². The van der Waals surface area contributed by atoms with Gasteiger partial charge in [-0.2, -0.15) is 0 Å². The first kappa shape index (κ1) is 14.0. The van der Waals surface area contributed by atoms with Crippen molar-refractivity contribution >= 4 is 9.84 Å². The van der Waals surface area contributed by atoms with E-state index < -0.39 is 14.6 Å². The van der Waals surface area contributed by atoms with Crippen molar-refractivity contribution in [3.63, 3.8) is 0 Å². The van der Waals surface area contributed by atoms with E-state index in [9.17, 15) is 13.5 Å². The van der Waals surface area contributed by atoms with Gasteiger partial charge >= 0.3 is 0 Å². The molecular formula is C12H19NO3S. The van der Waals surface area contributed by atoms with Crippen LogP contribution in [0.5, 0.6) is 5.75 Å². The molecule has 0 bridgehead atoms. The highest BCUT2D eigenvalue weighted by molar-refractivity contribution is 7.92. The summed E-state index contributed by atoms with van der Waals surface area (Å²) in [6.45, 7) is 4.16. The van der Waals surface area contributed by atoms with Gasteiger partial charge in [0.1, 0.15) is 5.75 Å². The highest BCUT2D eigenvalue weighted by Gasteiger charge is 2.29. The van der Waals surface area contributed by atoms with Crippen LogP contribution in [0.25, 0.3) is 0 Å². The number of phenolic OH excluding ortho intramolecular Hbond substituents is 1. The maximum atomic E-state index is 11.5. The predicted octanol–water partition coefficient (Wildman–Crippen LogP) is 1.31. The fourth-order valence-corrected chi connectivity index (χ4v) is 1.65. The van der Waals surface area contributed by atoms with E-state index in [-0.39, 0.29) is 5.75 Å². The van der Waals surface area contributed by atoms with Gasteiger partial charge in [-0.3, -0.25) is 0 Å². The molecule has 0 amide bonds. The summed E-state index contributed by atoms with van der Waals surface area (Å²) in [5.41, 5.74) is 0.761. The van der Waals surface area contributed by atoms with E-state index in [0.717, 1.165) is 5.56 Å². The van der Waals surface area contributed by atoms with Crippen molar-refractivity contribution in [1.82, 2.24) is 5.32 Å². The van der Waals surface area contributed by atoms with Gasteiger partial charge in [0.15, 0.2) is 9.84 Å². The minimum Gasteiger partial charge on any atom is -0.508 e. The van der Waals surface area contributed by atoms with Crippen molar-refractivity contribution in [2.45, 2.75) is 25.1 Å². The molecule has 0 spiro atoms.